The average Bonchev–Trinajstić information content (AvgIpc) is 3.14. The van der Waals surface area contributed by atoms with Gasteiger partial charge in [0.2, 0.25) is 0 Å². The second-order valence-corrected chi connectivity index (χ2v) is 6.36. The van der Waals surface area contributed by atoms with Crippen LogP contribution in [0.5, 0.6) is 0 Å². The predicted octanol–water partition coefficient (Wildman–Crippen LogP) is 4.99. The van der Waals surface area contributed by atoms with Gasteiger partial charge in [-0.25, -0.2) is 4.98 Å². The Bertz CT molecular complexity index is 903. The first-order valence-electron chi connectivity index (χ1n) is 8.81. The fourth-order valence-corrected chi connectivity index (χ4v) is 3.16. The van der Waals surface area contributed by atoms with Gasteiger partial charge in [-0.2, -0.15) is 0 Å². The second kappa shape index (κ2) is 7.38. The fourth-order valence-electron chi connectivity index (χ4n) is 3.16. The van der Waals surface area contributed by atoms with Gasteiger partial charge in [-0.05, 0) is 5.56 Å². The van der Waals surface area contributed by atoms with Gasteiger partial charge in [0.25, 0.3) is 0 Å². The van der Waals surface area contributed by atoms with E-state index in [0.717, 1.165) is 33.9 Å². The Hall–Kier alpha value is -3.17. The molecular formula is C23H21N3. The smallest absolute Gasteiger partial charge is 0.109 e. The molecule has 1 atom stereocenters. The highest BCUT2D eigenvalue weighted by atomic mass is 14.9. The molecule has 3 N–H and O–H groups in total. The highest BCUT2D eigenvalue weighted by molar-refractivity contribution is 5.78. The third kappa shape index (κ3) is 3.44. The summed E-state index contributed by atoms with van der Waals surface area (Å²) in [7, 11) is 0. The summed E-state index contributed by atoms with van der Waals surface area (Å²) in [6, 6.07) is 30.6. The lowest BCUT2D eigenvalue weighted by atomic mass is 10.0. The molecule has 128 valence electrons. The molecule has 1 heterocycles. The Morgan fingerprint density at radius 2 is 1.27 bits per heavy atom. The van der Waals surface area contributed by atoms with Crippen molar-refractivity contribution in [2.75, 3.05) is 0 Å². The summed E-state index contributed by atoms with van der Waals surface area (Å²) < 4.78 is 0. The molecule has 0 fully saturated rings. The van der Waals surface area contributed by atoms with Crippen molar-refractivity contribution in [3.63, 3.8) is 0 Å². The minimum Gasteiger partial charge on any atom is -0.341 e. The van der Waals surface area contributed by atoms with E-state index in [2.05, 4.69) is 41.4 Å². The van der Waals surface area contributed by atoms with Crippen LogP contribution in [0.1, 0.15) is 17.4 Å². The van der Waals surface area contributed by atoms with Crippen LogP contribution in [-0.2, 0) is 6.42 Å². The van der Waals surface area contributed by atoms with Crippen LogP contribution in [0, 0.1) is 0 Å². The molecule has 0 radical (unpaired) electrons. The summed E-state index contributed by atoms with van der Waals surface area (Å²) in [5.74, 6) is 0.902. The number of imidazole rings is 1. The molecule has 1 aromatic heterocycles. The van der Waals surface area contributed by atoms with E-state index in [1.807, 2.05) is 54.6 Å². The summed E-state index contributed by atoms with van der Waals surface area (Å²) in [6.45, 7) is 0. The van der Waals surface area contributed by atoms with Crippen LogP contribution < -0.4 is 5.73 Å². The molecule has 4 aromatic rings. The van der Waals surface area contributed by atoms with Gasteiger partial charge in [0.15, 0.2) is 0 Å². The van der Waals surface area contributed by atoms with Crippen LogP contribution in [0.25, 0.3) is 22.5 Å². The summed E-state index contributed by atoms with van der Waals surface area (Å²) in [5, 5.41) is 0. The Balaban J connectivity index is 1.72. The molecular weight excluding hydrogens is 318 g/mol. The van der Waals surface area contributed by atoms with Crippen LogP contribution in [0.3, 0.4) is 0 Å². The van der Waals surface area contributed by atoms with Gasteiger partial charge >= 0.3 is 0 Å². The Kier molecular flexibility index (Phi) is 4.63. The van der Waals surface area contributed by atoms with E-state index in [1.165, 1.54) is 0 Å². The molecule has 1 unspecified atom stereocenters. The van der Waals surface area contributed by atoms with Gasteiger partial charge in [0.05, 0.1) is 11.4 Å². The maximum absolute atomic E-state index is 6.40. The number of hydrogen-bond donors (Lipinski definition) is 2. The van der Waals surface area contributed by atoms with Crippen molar-refractivity contribution < 1.29 is 0 Å². The Morgan fingerprint density at radius 3 is 1.88 bits per heavy atom. The highest BCUT2D eigenvalue weighted by Gasteiger charge is 2.16. The normalized spacial score (nSPS) is 12.0. The highest BCUT2D eigenvalue weighted by Crippen LogP contribution is 2.30. The number of aromatic nitrogens is 2. The summed E-state index contributed by atoms with van der Waals surface area (Å²) in [5.41, 5.74) is 11.7. The molecule has 0 saturated heterocycles. The van der Waals surface area contributed by atoms with E-state index >= 15 is 0 Å². The van der Waals surface area contributed by atoms with Gasteiger partial charge in [-0.1, -0.05) is 91.0 Å². The third-order valence-electron chi connectivity index (χ3n) is 4.50. The summed E-state index contributed by atoms with van der Waals surface area (Å²) in [4.78, 5) is 8.39. The number of H-pyrrole nitrogens is 1. The van der Waals surface area contributed by atoms with Crippen LogP contribution in [0.2, 0.25) is 0 Å². The third-order valence-corrected chi connectivity index (χ3v) is 4.50. The number of rotatable bonds is 5. The minimum absolute atomic E-state index is 0.0883. The van der Waals surface area contributed by atoms with E-state index in [9.17, 15) is 0 Å². The molecule has 0 aliphatic heterocycles. The van der Waals surface area contributed by atoms with E-state index in [-0.39, 0.29) is 6.04 Å². The monoisotopic (exact) mass is 339 g/mol. The van der Waals surface area contributed by atoms with Gasteiger partial charge in [-0.3, -0.25) is 0 Å². The molecule has 0 bridgehead atoms. The van der Waals surface area contributed by atoms with Crippen molar-refractivity contribution in [3.8, 4) is 22.5 Å². The molecule has 0 aliphatic carbocycles. The van der Waals surface area contributed by atoms with Crippen LogP contribution in [0.4, 0.5) is 0 Å². The topological polar surface area (TPSA) is 54.7 Å². The molecule has 0 spiro atoms. The fraction of sp³-hybridized carbons (Fsp3) is 0.0870. The number of nitrogens with zero attached hydrogens (tertiary/aromatic N) is 1. The van der Waals surface area contributed by atoms with E-state index in [1.54, 1.807) is 0 Å². The van der Waals surface area contributed by atoms with Crippen molar-refractivity contribution >= 4 is 0 Å². The van der Waals surface area contributed by atoms with E-state index < -0.39 is 0 Å². The number of aromatic amines is 1. The quantitative estimate of drug-likeness (QED) is 0.538. The Morgan fingerprint density at radius 1 is 0.731 bits per heavy atom. The zero-order valence-electron chi connectivity index (χ0n) is 14.5. The zero-order chi connectivity index (χ0) is 17.8. The lowest BCUT2D eigenvalue weighted by Crippen LogP contribution is -2.14. The summed E-state index contributed by atoms with van der Waals surface area (Å²) in [6.07, 6.45) is 0.663. The first kappa shape index (κ1) is 16.3. The zero-order valence-corrected chi connectivity index (χ0v) is 14.5. The van der Waals surface area contributed by atoms with Gasteiger partial charge < -0.3 is 10.7 Å². The largest absolute Gasteiger partial charge is 0.341 e. The van der Waals surface area contributed by atoms with E-state index in [4.69, 9.17) is 10.7 Å². The van der Waals surface area contributed by atoms with Gasteiger partial charge in [0, 0.05) is 23.6 Å². The maximum Gasteiger partial charge on any atom is 0.109 e. The molecule has 3 heteroatoms. The van der Waals surface area contributed by atoms with Crippen molar-refractivity contribution in [1.82, 2.24) is 9.97 Å². The van der Waals surface area contributed by atoms with Gasteiger partial charge in [-0.15, -0.1) is 0 Å². The molecule has 26 heavy (non-hydrogen) atoms. The van der Waals surface area contributed by atoms with Crippen molar-refractivity contribution in [1.29, 1.82) is 0 Å². The lowest BCUT2D eigenvalue weighted by molar-refractivity contribution is 0.695. The molecule has 0 aliphatic rings. The number of nitrogens with two attached hydrogens (primary N) is 1. The predicted molar refractivity (Wildman–Crippen MR) is 107 cm³/mol. The first-order chi connectivity index (χ1) is 12.8. The lowest BCUT2D eigenvalue weighted by Gasteiger charge is -2.09. The van der Waals surface area contributed by atoms with Crippen molar-refractivity contribution in [2.24, 2.45) is 5.73 Å². The van der Waals surface area contributed by atoms with Crippen molar-refractivity contribution in [3.05, 3.63) is 102 Å². The average molecular weight is 339 g/mol. The second-order valence-electron chi connectivity index (χ2n) is 6.36. The van der Waals surface area contributed by atoms with Crippen LogP contribution in [-0.4, -0.2) is 9.97 Å². The first-order valence-corrected chi connectivity index (χ1v) is 8.81. The number of benzene rings is 3. The van der Waals surface area contributed by atoms with Crippen LogP contribution >= 0.6 is 0 Å². The molecule has 4 rings (SSSR count). The molecule has 0 amide bonds. The van der Waals surface area contributed by atoms with E-state index in [0.29, 0.717) is 6.42 Å². The number of hydrogen-bond acceptors (Lipinski definition) is 2. The van der Waals surface area contributed by atoms with Gasteiger partial charge in [0.1, 0.15) is 5.82 Å². The minimum atomic E-state index is -0.0883. The molecule has 3 aromatic carbocycles. The van der Waals surface area contributed by atoms with Crippen LogP contribution in [0.15, 0.2) is 91.0 Å². The molecule has 0 saturated carbocycles. The summed E-state index contributed by atoms with van der Waals surface area (Å²) >= 11 is 0. The SMILES string of the molecule is NC(Cc1nc(-c2ccccc2)c(-c2ccccc2)[nH]1)c1ccccc1. The number of nitrogens with one attached hydrogen (secondary N) is 1. The maximum atomic E-state index is 6.40. The standard InChI is InChI=1S/C23H21N3/c24-20(17-10-4-1-5-11-17)16-21-25-22(18-12-6-2-7-13-18)23(26-21)19-14-8-3-9-15-19/h1-15,20H,16,24H2,(H,25,26). The van der Waals surface area contributed by atoms with Crippen molar-refractivity contribution in [2.45, 2.75) is 12.5 Å². The Labute approximate surface area is 153 Å². The molecule has 3 nitrogen and oxygen atoms in total.